The highest BCUT2D eigenvalue weighted by Crippen LogP contribution is 2.39. The summed E-state index contributed by atoms with van der Waals surface area (Å²) < 4.78 is 1.57. The molecule has 1 unspecified atom stereocenters. The molecule has 1 aromatic rings. The molecule has 1 atom stereocenters. The lowest BCUT2D eigenvalue weighted by Crippen LogP contribution is -2.40. The summed E-state index contributed by atoms with van der Waals surface area (Å²) in [7, 11) is 3.59. The minimum Gasteiger partial charge on any atom is -0.350 e. The summed E-state index contributed by atoms with van der Waals surface area (Å²) in [5, 5.41) is 15.3. The van der Waals surface area contributed by atoms with Gasteiger partial charge in [-0.3, -0.25) is 10.1 Å². The van der Waals surface area contributed by atoms with Gasteiger partial charge in [-0.2, -0.15) is 5.10 Å². The molecule has 0 bridgehead atoms. The van der Waals surface area contributed by atoms with Crippen LogP contribution in [0.5, 0.6) is 0 Å². The Kier molecular flexibility index (Phi) is 3.25. The van der Waals surface area contributed by atoms with Gasteiger partial charge in [-0.1, -0.05) is 0 Å². The number of aryl methyl sites for hydroxylation is 2. The number of nitro groups is 1. The van der Waals surface area contributed by atoms with Gasteiger partial charge >= 0.3 is 5.69 Å². The van der Waals surface area contributed by atoms with E-state index in [1.165, 1.54) is 0 Å². The van der Waals surface area contributed by atoms with Crippen LogP contribution in [0.15, 0.2) is 0 Å². The third-order valence-electron chi connectivity index (χ3n) is 3.58. The van der Waals surface area contributed by atoms with E-state index in [1.54, 1.807) is 18.7 Å². The summed E-state index contributed by atoms with van der Waals surface area (Å²) in [4.78, 5) is 12.7. The van der Waals surface area contributed by atoms with E-state index in [9.17, 15) is 10.1 Å². The Balaban J connectivity index is 2.39. The van der Waals surface area contributed by atoms with Gasteiger partial charge in [-0.25, -0.2) is 4.68 Å². The van der Waals surface area contributed by atoms with Crippen molar-refractivity contribution in [1.29, 1.82) is 0 Å². The molecule has 0 radical (unpaired) electrons. The molecule has 1 aliphatic carbocycles. The number of aromatic nitrogens is 2. The van der Waals surface area contributed by atoms with Gasteiger partial charge in [-0.15, -0.1) is 0 Å². The van der Waals surface area contributed by atoms with Crippen molar-refractivity contribution in [3.8, 4) is 0 Å². The molecule has 1 saturated carbocycles. The van der Waals surface area contributed by atoms with E-state index in [4.69, 9.17) is 5.73 Å². The average molecular weight is 253 g/mol. The first-order chi connectivity index (χ1) is 8.47. The summed E-state index contributed by atoms with van der Waals surface area (Å²) >= 11 is 0. The molecule has 18 heavy (non-hydrogen) atoms. The van der Waals surface area contributed by atoms with Crippen LogP contribution in [0, 0.1) is 23.0 Å². The molecule has 1 aromatic heterocycles. The van der Waals surface area contributed by atoms with Crippen molar-refractivity contribution in [1.82, 2.24) is 9.78 Å². The van der Waals surface area contributed by atoms with Crippen molar-refractivity contribution in [3.63, 3.8) is 0 Å². The van der Waals surface area contributed by atoms with Crippen LogP contribution >= 0.6 is 0 Å². The highest BCUT2D eigenvalue weighted by Gasteiger charge is 2.37. The smallest absolute Gasteiger partial charge is 0.333 e. The van der Waals surface area contributed by atoms with Gasteiger partial charge in [0, 0.05) is 26.7 Å². The minimum absolute atomic E-state index is 0.0825. The van der Waals surface area contributed by atoms with Crippen molar-refractivity contribution in [3.05, 3.63) is 15.8 Å². The number of likely N-dealkylation sites (N-methyl/N-ethyl adjacent to an activating group) is 1. The fourth-order valence-corrected chi connectivity index (χ4v) is 2.55. The Hall–Kier alpha value is -1.63. The fourth-order valence-electron chi connectivity index (χ4n) is 2.55. The first kappa shape index (κ1) is 12.8. The van der Waals surface area contributed by atoms with Crippen molar-refractivity contribution >= 4 is 11.5 Å². The van der Waals surface area contributed by atoms with E-state index >= 15 is 0 Å². The van der Waals surface area contributed by atoms with Gasteiger partial charge in [0.1, 0.15) is 5.69 Å². The van der Waals surface area contributed by atoms with Crippen LogP contribution in [0.3, 0.4) is 0 Å². The normalized spacial score (nSPS) is 16.7. The second kappa shape index (κ2) is 4.56. The van der Waals surface area contributed by atoms with Crippen LogP contribution in [-0.4, -0.2) is 34.3 Å². The Morgan fingerprint density at radius 1 is 1.67 bits per heavy atom. The fraction of sp³-hybridized carbons (Fsp3) is 0.727. The van der Waals surface area contributed by atoms with Gasteiger partial charge in [0.15, 0.2) is 0 Å². The lowest BCUT2D eigenvalue weighted by atomic mass is 10.1. The Bertz CT molecular complexity index is 466. The number of hydrogen-bond acceptors (Lipinski definition) is 5. The molecule has 0 amide bonds. The summed E-state index contributed by atoms with van der Waals surface area (Å²) in [5.41, 5.74) is 6.32. The molecule has 0 aliphatic heterocycles. The van der Waals surface area contributed by atoms with Crippen LogP contribution < -0.4 is 10.6 Å². The quantitative estimate of drug-likeness (QED) is 0.619. The molecule has 0 aromatic carbocycles. The zero-order valence-electron chi connectivity index (χ0n) is 11.0. The van der Waals surface area contributed by atoms with Crippen molar-refractivity contribution in [2.75, 3.05) is 18.5 Å². The highest BCUT2D eigenvalue weighted by atomic mass is 16.6. The van der Waals surface area contributed by atoms with E-state index in [0.717, 1.165) is 12.8 Å². The molecular formula is C11H19N5O2. The summed E-state index contributed by atoms with van der Waals surface area (Å²) in [6.45, 7) is 2.16. The molecule has 7 heteroatoms. The first-order valence-electron chi connectivity index (χ1n) is 6.08. The van der Waals surface area contributed by atoms with Gasteiger partial charge in [0.05, 0.1) is 4.92 Å². The SMILES string of the molecule is Cc1nn(C)c(N(C)C(CN)C2CC2)c1[N+](=O)[O-]. The summed E-state index contributed by atoms with van der Waals surface area (Å²) in [5.74, 6) is 1.09. The second-order valence-electron chi connectivity index (χ2n) is 4.89. The second-order valence-corrected chi connectivity index (χ2v) is 4.89. The number of anilines is 1. The zero-order chi connectivity index (χ0) is 13.4. The van der Waals surface area contributed by atoms with Gasteiger partial charge in [-0.05, 0) is 25.7 Å². The number of rotatable bonds is 5. The van der Waals surface area contributed by atoms with Gasteiger partial charge < -0.3 is 10.6 Å². The number of hydrogen-bond donors (Lipinski definition) is 1. The Morgan fingerprint density at radius 3 is 2.72 bits per heavy atom. The standard InChI is InChI=1S/C11H19N5O2/c1-7-10(16(17)18)11(15(3)13-7)14(2)9(6-12)8-4-5-8/h8-9H,4-6,12H2,1-3H3. The van der Waals surface area contributed by atoms with E-state index < -0.39 is 0 Å². The Labute approximate surface area is 106 Å². The first-order valence-corrected chi connectivity index (χ1v) is 6.08. The van der Waals surface area contributed by atoms with Gasteiger partial charge in [0.25, 0.3) is 0 Å². The topological polar surface area (TPSA) is 90.2 Å². The molecule has 1 heterocycles. The molecular weight excluding hydrogens is 234 g/mol. The van der Waals surface area contributed by atoms with Crippen LogP contribution in [0.2, 0.25) is 0 Å². The molecule has 2 N–H and O–H groups in total. The zero-order valence-corrected chi connectivity index (χ0v) is 11.0. The summed E-state index contributed by atoms with van der Waals surface area (Å²) in [6, 6.07) is 0.151. The van der Waals surface area contributed by atoms with E-state index in [2.05, 4.69) is 5.10 Å². The molecule has 7 nitrogen and oxygen atoms in total. The lowest BCUT2D eigenvalue weighted by Gasteiger charge is -2.28. The third kappa shape index (κ3) is 2.05. The van der Waals surface area contributed by atoms with E-state index in [0.29, 0.717) is 24.0 Å². The molecule has 1 aliphatic rings. The molecule has 1 fully saturated rings. The van der Waals surface area contributed by atoms with Crippen molar-refractivity contribution < 1.29 is 4.92 Å². The number of nitrogens with two attached hydrogens (primary N) is 1. The van der Waals surface area contributed by atoms with Crippen LogP contribution in [0.1, 0.15) is 18.5 Å². The van der Waals surface area contributed by atoms with Crippen molar-refractivity contribution in [2.45, 2.75) is 25.8 Å². The third-order valence-corrected chi connectivity index (χ3v) is 3.58. The molecule has 100 valence electrons. The average Bonchev–Trinajstić information content (AvgIpc) is 3.04. The predicted octanol–water partition coefficient (Wildman–Crippen LogP) is 0.810. The highest BCUT2D eigenvalue weighted by molar-refractivity contribution is 5.61. The molecule has 0 spiro atoms. The maximum atomic E-state index is 11.2. The minimum atomic E-state index is -0.366. The summed E-state index contributed by atoms with van der Waals surface area (Å²) in [6.07, 6.45) is 2.30. The Morgan fingerprint density at radius 2 is 2.28 bits per heavy atom. The predicted molar refractivity (Wildman–Crippen MR) is 68.6 cm³/mol. The maximum Gasteiger partial charge on any atom is 0.333 e. The molecule has 0 saturated heterocycles. The van der Waals surface area contributed by atoms with E-state index in [-0.39, 0.29) is 16.7 Å². The van der Waals surface area contributed by atoms with Crippen LogP contribution in [0.4, 0.5) is 11.5 Å². The number of nitrogens with zero attached hydrogens (tertiary/aromatic N) is 4. The largest absolute Gasteiger partial charge is 0.350 e. The monoisotopic (exact) mass is 253 g/mol. The van der Waals surface area contributed by atoms with Gasteiger partial charge in [0.2, 0.25) is 5.82 Å². The van der Waals surface area contributed by atoms with E-state index in [1.807, 2.05) is 11.9 Å². The maximum absolute atomic E-state index is 11.2. The van der Waals surface area contributed by atoms with Crippen LogP contribution in [-0.2, 0) is 7.05 Å². The molecule has 2 rings (SSSR count). The lowest BCUT2D eigenvalue weighted by molar-refractivity contribution is -0.384. The van der Waals surface area contributed by atoms with Crippen molar-refractivity contribution in [2.24, 2.45) is 18.7 Å². The van der Waals surface area contributed by atoms with Crippen LogP contribution in [0.25, 0.3) is 0 Å².